The summed E-state index contributed by atoms with van der Waals surface area (Å²) in [4.78, 5) is 0.321. The van der Waals surface area contributed by atoms with Crippen LogP contribution in [0.5, 0.6) is 0 Å². The van der Waals surface area contributed by atoms with Crippen molar-refractivity contribution < 1.29 is 8.42 Å². The normalized spacial score (nSPS) is 11.3. The van der Waals surface area contributed by atoms with Crippen LogP contribution in [0.15, 0.2) is 47.4 Å². The molecule has 0 aliphatic heterocycles. The SMILES string of the molecule is Cc1ccc(C)c(S(=O)(=O)Nc2ccc(CBr)cc2)c1. The highest BCUT2D eigenvalue weighted by atomic mass is 79.9. The zero-order valence-electron chi connectivity index (χ0n) is 11.4. The summed E-state index contributed by atoms with van der Waals surface area (Å²) in [7, 11) is -3.55. The van der Waals surface area contributed by atoms with Gasteiger partial charge in [-0.25, -0.2) is 8.42 Å². The number of hydrogen-bond acceptors (Lipinski definition) is 2. The van der Waals surface area contributed by atoms with Crippen LogP contribution in [0.1, 0.15) is 16.7 Å². The largest absolute Gasteiger partial charge is 0.280 e. The first-order valence-corrected chi connectivity index (χ1v) is 8.78. The zero-order chi connectivity index (χ0) is 14.8. The summed E-state index contributed by atoms with van der Waals surface area (Å²) in [6.45, 7) is 3.67. The molecule has 0 amide bonds. The maximum absolute atomic E-state index is 12.4. The molecule has 0 bridgehead atoms. The van der Waals surface area contributed by atoms with Crippen LogP contribution in [0.2, 0.25) is 0 Å². The third-order valence-electron chi connectivity index (χ3n) is 2.99. The molecule has 106 valence electrons. The van der Waals surface area contributed by atoms with Gasteiger partial charge in [-0.15, -0.1) is 0 Å². The number of hydrogen-bond donors (Lipinski definition) is 1. The fourth-order valence-corrected chi connectivity index (χ4v) is 3.63. The molecule has 2 aromatic carbocycles. The number of nitrogens with one attached hydrogen (secondary N) is 1. The Morgan fingerprint density at radius 1 is 1.05 bits per heavy atom. The molecule has 0 aromatic heterocycles. The Kier molecular flexibility index (Phi) is 4.50. The Balaban J connectivity index is 2.32. The van der Waals surface area contributed by atoms with Gasteiger partial charge in [-0.05, 0) is 48.7 Å². The number of halogens is 1. The van der Waals surface area contributed by atoms with E-state index in [2.05, 4.69) is 20.7 Å². The van der Waals surface area contributed by atoms with Crippen molar-refractivity contribution in [1.29, 1.82) is 0 Å². The van der Waals surface area contributed by atoms with Crippen molar-refractivity contribution in [3.05, 3.63) is 59.2 Å². The van der Waals surface area contributed by atoms with Crippen molar-refractivity contribution in [3.8, 4) is 0 Å². The number of benzene rings is 2. The van der Waals surface area contributed by atoms with E-state index < -0.39 is 10.0 Å². The number of rotatable bonds is 4. The van der Waals surface area contributed by atoms with E-state index >= 15 is 0 Å². The van der Waals surface area contributed by atoms with Crippen molar-refractivity contribution >= 4 is 31.6 Å². The highest BCUT2D eigenvalue weighted by Crippen LogP contribution is 2.21. The predicted molar refractivity (Wildman–Crippen MR) is 85.8 cm³/mol. The first-order valence-electron chi connectivity index (χ1n) is 6.17. The molecule has 0 heterocycles. The third-order valence-corrected chi connectivity index (χ3v) is 5.16. The third kappa shape index (κ3) is 3.41. The van der Waals surface area contributed by atoms with Gasteiger partial charge in [-0.3, -0.25) is 4.72 Å². The molecular formula is C15H16BrNO2S. The molecule has 0 unspecified atom stereocenters. The van der Waals surface area contributed by atoms with Crippen LogP contribution in [0, 0.1) is 13.8 Å². The Morgan fingerprint density at radius 3 is 2.30 bits per heavy atom. The molecule has 0 fully saturated rings. The van der Waals surface area contributed by atoms with Gasteiger partial charge < -0.3 is 0 Å². The maximum atomic E-state index is 12.4. The Bertz CT molecular complexity index is 709. The molecule has 0 spiro atoms. The monoisotopic (exact) mass is 353 g/mol. The summed E-state index contributed by atoms with van der Waals surface area (Å²) in [6.07, 6.45) is 0. The van der Waals surface area contributed by atoms with Crippen molar-refractivity contribution in [2.45, 2.75) is 24.1 Å². The molecule has 1 N–H and O–H groups in total. The molecule has 0 saturated heterocycles. The Labute approximate surface area is 128 Å². The van der Waals surface area contributed by atoms with Gasteiger partial charge in [0, 0.05) is 11.0 Å². The Morgan fingerprint density at radius 2 is 1.70 bits per heavy atom. The predicted octanol–water partition coefficient (Wildman–Crippen LogP) is 4.00. The first-order chi connectivity index (χ1) is 9.42. The summed E-state index contributed by atoms with van der Waals surface area (Å²) >= 11 is 3.36. The van der Waals surface area contributed by atoms with Crippen molar-refractivity contribution in [2.75, 3.05) is 4.72 Å². The minimum atomic E-state index is -3.55. The van der Waals surface area contributed by atoms with Crippen molar-refractivity contribution in [3.63, 3.8) is 0 Å². The summed E-state index contributed by atoms with van der Waals surface area (Å²) in [5.41, 5.74) is 3.32. The number of sulfonamides is 1. The lowest BCUT2D eigenvalue weighted by molar-refractivity contribution is 0.600. The van der Waals surface area contributed by atoms with Gasteiger partial charge in [0.05, 0.1) is 4.90 Å². The van der Waals surface area contributed by atoms with E-state index in [1.54, 1.807) is 25.1 Å². The smallest absolute Gasteiger partial charge is 0.262 e. The number of anilines is 1. The molecule has 20 heavy (non-hydrogen) atoms. The van der Waals surface area contributed by atoms with Gasteiger partial charge in [0.25, 0.3) is 10.0 Å². The fraction of sp³-hybridized carbons (Fsp3) is 0.200. The van der Waals surface area contributed by atoms with Gasteiger partial charge in [-0.2, -0.15) is 0 Å². The van der Waals surface area contributed by atoms with Crippen molar-refractivity contribution in [2.24, 2.45) is 0 Å². The molecule has 2 aromatic rings. The topological polar surface area (TPSA) is 46.2 Å². The molecular weight excluding hydrogens is 338 g/mol. The second-order valence-corrected chi connectivity index (χ2v) is 6.92. The molecule has 0 saturated carbocycles. The van der Waals surface area contributed by atoms with Crippen LogP contribution < -0.4 is 4.72 Å². The van der Waals surface area contributed by atoms with E-state index in [4.69, 9.17) is 0 Å². The van der Waals surface area contributed by atoms with Gasteiger partial charge in [-0.1, -0.05) is 40.2 Å². The van der Waals surface area contributed by atoms with Crippen LogP contribution in [0.25, 0.3) is 0 Å². The molecule has 0 radical (unpaired) electrons. The van der Waals surface area contributed by atoms with Crippen LogP contribution in [0.3, 0.4) is 0 Å². The van der Waals surface area contributed by atoms with Crippen LogP contribution >= 0.6 is 15.9 Å². The minimum absolute atomic E-state index is 0.321. The van der Waals surface area contributed by atoms with Crippen LogP contribution in [-0.4, -0.2) is 8.42 Å². The van der Waals surface area contributed by atoms with Crippen molar-refractivity contribution in [1.82, 2.24) is 0 Å². The minimum Gasteiger partial charge on any atom is -0.280 e. The highest BCUT2D eigenvalue weighted by molar-refractivity contribution is 9.08. The van der Waals surface area contributed by atoms with E-state index in [9.17, 15) is 8.42 Å². The van der Waals surface area contributed by atoms with Crippen LogP contribution in [0.4, 0.5) is 5.69 Å². The quantitative estimate of drug-likeness (QED) is 0.844. The zero-order valence-corrected chi connectivity index (χ0v) is 13.8. The summed E-state index contributed by atoms with van der Waals surface area (Å²) in [5.74, 6) is 0. The van der Waals surface area contributed by atoms with E-state index in [0.29, 0.717) is 10.6 Å². The summed E-state index contributed by atoms with van der Waals surface area (Å²) < 4.78 is 27.4. The second-order valence-electron chi connectivity index (χ2n) is 4.71. The van der Waals surface area contributed by atoms with Gasteiger partial charge >= 0.3 is 0 Å². The second kappa shape index (κ2) is 5.97. The standard InChI is InChI=1S/C15H16BrNO2S/c1-11-3-4-12(2)15(9-11)20(18,19)17-14-7-5-13(10-16)6-8-14/h3-9,17H,10H2,1-2H3. The van der Waals surface area contributed by atoms with E-state index in [1.807, 2.05) is 31.2 Å². The lowest BCUT2D eigenvalue weighted by atomic mass is 10.2. The Hall–Kier alpha value is -1.33. The highest BCUT2D eigenvalue weighted by Gasteiger charge is 2.16. The van der Waals surface area contributed by atoms with E-state index in [-0.39, 0.29) is 0 Å². The lowest BCUT2D eigenvalue weighted by Crippen LogP contribution is -2.14. The molecule has 0 aliphatic carbocycles. The van der Waals surface area contributed by atoms with Crippen LogP contribution in [-0.2, 0) is 15.4 Å². The average Bonchev–Trinajstić information content (AvgIpc) is 2.42. The molecule has 2 rings (SSSR count). The summed E-state index contributed by atoms with van der Waals surface area (Å²) in [6, 6.07) is 12.7. The van der Waals surface area contributed by atoms with E-state index in [0.717, 1.165) is 22.0 Å². The van der Waals surface area contributed by atoms with E-state index in [1.165, 1.54) is 0 Å². The molecule has 0 atom stereocenters. The molecule has 5 heteroatoms. The van der Waals surface area contributed by atoms with Gasteiger partial charge in [0.2, 0.25) is 0 Å². The van der Waals surface area contributed by atoms with Gasteiger partial charge in [0.15, 0.2) is 0 Å². The molecule has 0 aliphatic rings. The number of alkyl halides is 1. The lowest BCUT2D eigenvalue weighted by Gasteiger charge is -2.11. The average molecular weight is 354 g/mol. The summed E-state index contributed by atoms with van der Waals surface area (Å²) in [5, 5.41) is 0.747. The molecule has 3 nitrogen and oxygen atoms in total. The first kappa shape index (κ1) is 15.1. The fourth-order valence-electron chi connectivity index (χ4n) is 1.87. The number of aryl methyl sites for hydroxylation is 2. The van der Waals surface area contributed by atoms with Gasteiger partial charge in [0.1, 0.15) is 0 Å². The maximum Gasteiger partial charge on any atom is 0.262 e.